The van der Waals surface area contributed by atoms with E-state index in [1.807, 2.05) is 66.1 Å². The van der Waals surface area contributed by atoms with Crippen LogP contribution in [-0.2, 0) is 21.2 Å². The minimum Gasteiger partial charge on any atom is -0.488 e. The maximum atomic E-state index is 12.7. The Bertz CT molecular complexity index is 1460. The lowest BCUT2D eigenvalue weighted by Gasteiger charge is -2.18. The Hall–Kier alpha value is -3.84. The Balaban J connectivity index is 1.87. The normalized spacial score (nSPS) is 11.3. The summed E-state index contributed by atoms with van der Waals surface area (Å²) in [4.78, 5) is 12.9. The van der Waals surface area contributed by atoms with E-state index in [0.29, 0.717) is 34.9 Å². The van der Waals surface area contributed by atoms with E-state index in [1.54, 1.807) is 37.3 Å². The number of nitrogens with zero attached hydrogens (tertiary/aromatic N) is 1. The van der Waals surface area contributed by atoms with Crippen LogP contribution in [0.5, 0.6) is 5.75 Å². The van der Waals surface area contributed by atoms with Gasteiger partial charge < -0.3 is 14.0 Å². The van der Waals surface area contributed by atoms with E-state index >= 15 is 0 Å². The lowest BCUT2D eigenvalue weighted by molar-refractivity contribution is 0.0526. The number of aromatic nitrogens is 1. The summed E-state index contributed by atoms with van der Waals surface area (Å²) in [6.07, 6.45) is 1.18. The zero-order chi connectivity index (χ0) is 25.0. The number of hydrogen-bond acceptors (Lipinski definition) is 5. The predicted molar refractivity (Wildman–Crippen MR) is 136 cm³/mol. The van der Waals surface area contributed by atoms with Gasteiger partial charge in [0.2, 0.25) is 0 Å². The first-order valence-electron chi connectivity index (χ1n) is 11.3. The molecule has 0 N–H and O–H groups in total. The second-order valence-corrected chi connectivity index (χ2v) is 10.2. The van der Waals surface area contributed by atoms with Gasteiger partial charge in [-0.25, -0.2) is 13.2 Å². The van der Waals surface area contributed by atoms with Gasteiger partial charge in [-0.3, -0.25) is 0 Å². The number of esters is 1. The first-order valence-corrected chi connectivity index (χ1v) is 13.1. The minimum atomic E-state index is -3.46. The number of rotatable bonds is 8. The lowest BCUT2D eigenvalue weighted by Crippen LogP contribution is -2.11. The van der Waals surface area contributed by atoms with Gasteiger partial charge in [0.15, 0.2) is 9.84 Å². The van der Waals surface area contributed by atoms with Gasteiger partial charge in [0, 0.05) is 17.5 Å². The van der Waals surface area contributed by atoms with Crippen molar-refractivity contribution in [2.75, 3.05) is 12.9 Å². The molecule has 0 amide bonds. The molecule has 0 atom stereocenters. The molecule has 0 spiro atoms. The molecular weight excluding hydrogens is 462 g/mol. The van der Waals surface area contributed by atoms with Crippen molar-refractivity contribution < 1.29 is 22.7 Å². The highest BCUT2D eigenvalue weighted by Crippen LogP contribution is 2.36. The Kier molecular flexibility index (Phi) is 7.07. The first kappa shape index (κ1) is 24.3. The zero-order valence-electron chi connectivity index (χ0n) is 19.9. The van der Waals surface area contributed by atoms with Crippen LogP contribution in [-0.4, -0.2) is 31.8 Å². The molecule has 6 nitrogen and oxygen atoms in total. The number of carbonyl (C=O) groups is 1. The molecule has 0 saturated carbocycles. The number of carbonyl (C=O) groups excluding carboxylic acids is 1. The van der Waals surface area contributed by atoms with E-state index in [-0.39, 0.29) is 11.5 Å². The third-order valence-corrected chi connectivity index (χ3v) is 6.72. The third-order valence-electron chi connectivity index (χ3n) is 5.61. The average molecular weight is 490 g/mol. The van der Waals surface area contributed by atoms with Crippen LogP contribution in [0, 0.1) is 6.92 Å². The fraction of sp³-hybridized carbons (Fsp3) is 0.179. The molecule has 0 radical (unpaired) electrons. The second-order valence-electron chi connectivity index (χ2n) is 8.14. The number of sulfone groups is 1. The molecule has 0 fully saturated rings. The van der Waals surface area contributed by atoms with Crippen molar-refractivity contribution in [2.24, 2.45) is 0 Å². The van der Waals surface area contributed by atoms with Gasteiger partial charge in [-0.05, 0) is 61.9 Å². The standard InChI is InChI=1S/C28H27NO5S/c1-4-33-28(30)23-12-8-9-13-25(23)29-20(2)14-16-26(29)24-18-22(35(3,31)32)15-17-27(24)34-19-21-10-6-5-7-11-21/h5-18H,4,19H2,1-3H3. The van der Waals surface area contributed by atoms with Crippen molar-refractivity contribution in [3.05, 3.63) is 102 Å². The van der Waals surface area contributed by atoms with Crippen LogP contribution in [0.25, 0.3) is 16.9 Å². The molecule has 0 saturated heterocycles. The molecule has 0 aliphatic rings. The maximum absolute atomic E-state index is 12.7. The highest BCUT2D eigenvalue weighted by atomic mass is 32.2. The van der Waals surface area contributed by atoms with Gasteiger partial charge in [0.05, 0.1) is 28.4 Å². The summed E-state index contributed by atoms with van der Waals surface area (Å²) in [6, 6.07) is 25.6. The molecule has 1 aromatic heterocycles. The van der Waals surface area contributed by atoms with E-state index < -0.39 is 15.8 Å². The van der Waals surface area contributed by atoms with Crippen molar-refractivity contribution in [3.8, 4) is 22.7 Å². The van der Waals surface area contributed by atoms with E-state index in [9.17, 15) is 13.2 Å². The number of para-hydroxylation sites is 1. The van der Waals surface area contributed by atoms with E-state index in [1.165, 1.54) is 6.26 Å². The molecule has 7 heteroatoms. The molecule has 1 heterocycles. The van der Waals surface area contributed by atoms with E-state index in [4.69, 9.17) is 9.47 Å². The Morgan fingerprint density at radius 2 is 1.63 bits per heavy atom. The smallest absolute Gasteiger partial charge is 0.340 e. The fourth-order valence-corrected chi connectivity index (χ4v) is 4.57. The highest BCUT2D eigenvalue weighted by Gasteiger charge is 2.21. The summed E-state index contributed by atoms with van der Waals surface area (Å²) in [7, 11) is -3.46. The van der Waals surface area contributed by atoms with Gasteiger partial charge in [0.1, 0.15) is 12.4 Å². The van der Waals surface area contributed by atoms with Gasteiger partial charge in [0.25, 0.3) is 0 Å². The Morgan fingerprint density at radius 3 is 2.34 bits per heavy atom. The van der Waals surface area contributed by atoms with Crippen molar-refractivity contribution >= 4 is 15.8 Å². The zero-order valence-corrected chi connectivity index (χ0v) is 20.7. The summed E-state index contributed by atoms with van der Waals surface area (Å²) >= 11 is 0. The number of benzene rings is 3. The number of hydrogen-bond donors (Lipinski definition) is 0. The second kappa shape index (κ2) is 10.2. The molecule has 4 rings (SSSR count). The Morgan fingerprint density at radius 1 is 0.914 bits per heavy atom. The van der Waals surface area contributed by atoms with Crippen LogP contribution in [0.4, 0.5) is 0 Å². The van der Waals surface area contributed by atoms with Crippen molar-refractivity contribution in [1.29, 1.82) is 0 Å². The topological polar surface area (TPSA) is 74.6 Å². The van der Waals surface area contributed by atoms with Gasteiger partial charge in [-0.2, -0.15) is 0 Å². The molecule has 35 heavy (non-hydrogen) atoms. The van der Waals surface area contributed by atoms with E-state index in [0.717, 1.165) is 11.3 Å². The predicted octanol–water partition coefficient (Wildman–Crippen LogP) is 5.61. The maximum Gasteiger partial charge on any atom is 0.340 e. The van der Waals surface area contributed by atoms with Crippen LogP contribution in [0.3, 0.4) is 0 Å². The molecule has 0 unspecified atom stereocenters. The van der Waals surface area contributed by atoms with Gasteiger partial charge >= 0.3 is 5.97 Å². The van der Waals surface area contributed by atoms with Crippen molar-refractivity contribution in [3.63, 3.8) is 0 Å². The number of ether oxygens (including phenoxy) is 2. The summed E-state index contributed by atoms with van der Waals surface area (Å²) in [5.74, 6) is 0.113. The fourth-order valence-electron chi connectivity index (χ4n) is 3.92. The SMILES string of the molecule is CCOC(=O)c1ccccc1-n1c(C)ccc1-c1cc(S(C)(=O)=O)ccc1OCc1ccccc1. The van der Waals surface area contributed by atoms with Crippen molar-refractivity contribution in [2.45, 2.75) is 25.3 Å². The molecule has 0 aliphatic carbocycles. The molecular formula is C28H27NO5S. The van der Waals surface area contributed by atoms with Gasteiger partial charge in [-0.15, -0.1) is 0 Å². The third kappa shape index (κ3) is 5.30. The molecule has 180 valence electrons. The van der Waals surface area contributed by atoms with Crippen LogP contribution in [0.1, 0.15) is 28.5 Å². The van der Waals surface area contributed by atoms with Crippen molar-refractivity contribution in [1.82, 2.24) is 4.57 Å². The largest absolute Gasteiger partial charge is 0.488 e. The Labute approximate surface area is 205 Å². The van der Waals surface area contributed by atoms with Crippen LogP contribution in [0.15, 0.2) is 89.8 Å². The molecule has 0 aliphatic heterocycles. The summed E-state index contributed by atoms with van der Waals surface area (Å²) in [5, 5.41) is 0. The minimum absolute atomic E-state index is 0.184. The quantitative estimate of drug-likeness (QED) is 0.301. The first-order chi connectivity index (χ1) is 16.8. The molecule has 4 aromatic rings. The van der Waals surface area contributed by atoms with Crippen LogP contribution in [0.2, 0.25) is 0 Å². The monoisotopic (exact) mass is 489 g/mol. The molecule has 3 aromatic carbocycles. The van der Waals surface area contributed by atoms with Crippen LogP contribution < -0.4 is 4.74 Å². The highest BCUT2D eigenvalue weighted by molar-refractivity contribution is 7.90. The summed E-state index contributed by atoms with van der Waals surface area (Å²) < 4.78 is 38.1. The summed E-state index contributed by atoms with van der Waals surface area (Å²) in [5.41, 5.74) is 4.23. The number of aryl methyl sites for hydroxylation is 1. The summed E-state index contributed by atoms with van der Waals surface area (Å²) in [6.45, 7) is 4.28. The van der Waals surface area contributed by atoms with E-state index in [2.05, 4.69) is 0 Å². The molecule has 0 bridgehead atoms. The van der Waals surface area contributed by atoms with Crippen LogP contribution >= 0.6 is 0 Å². The average Bonchev–Trinajstić information content (AvgIpc) is 3.23. The lowest BCUT2D eigenvalue weighted by atomic mass is 10.1. The van der Waals surface area contributed by atoms with Gasteiger partial charge in [-0.1, -0.05) is 42.5 Å².